The lowest BCUT2D eigenvalue weighted by Crippen LogP contribution is -2.45. The van der Waals surface area contributed by atoms with Gasteiger partial charge >= 0.3 is 0 Å². The summed E-state index contributed by atoms with van der Waals surface area (Å²) in [6, 6.07) is 28.6. The summed E-state index contributed by atoms with van der Waals surface area (Å²) in [5, 5.41) is 2.48. The summed E-state index contributed by atoms with van der Waals surface area (Å²) in [5.41, 5.74) is 3.11. The van der Waals surface area contributed by atoms with E-state index >= 15 is 0 Å². The molecule has 1 aliphatic rings. The minimum Gasteiger partial charge on any atom is -0.464 e. The summed E-state index contributed by atoms with van der Waals surface area (Å²) in [6.07, 6.45) is 3.07. The molecule has 1 aromatic heterocycles. The summed E-state index contributed by atoms with van der Waals surface area (Å²) in [6.45, 7) is 3.07. The lowest BCUT2D eigenvalue weighted by molar-refractivity contribution is -0.133. The van der Waals surface area contributed by atoms with E-state index in [0.29, 0.717) is 35.2 Å². The molecule has 1 saturated heterocycles. The van der Waals surface area contributed by atoms with E-state index in [9.17, 15) is 14.4 Å². The van der Waals surface area contributed by atoms with Gasteiger partial charge in [0.15, 0.2) is 5.43 Å². The lowest BCUT2D eigenvalue weighted by Gasteiger charge is -2.29. The third kappa shape index (κ3) is 6.52. The Morgan fingerprint density at radius 2 is 1.65 bits per heavy atom. The first-order chi connectivity index (χ1) is 20.9. The van der Waals surface area contributed by atoms with Crippen LogP contribution in [0.5, 0.6) is 0 Å². The first-order valence-corrected chi connectivity index (χ1v) is 14.7. The zero-order chi connectivity index (χ0) is 29.8. The van der Waals surface area contributed by atoms with E-state index < -0.39 is 0 Å². The van der Waals surface area contributed by atoms with Crippen LogP contribution in [0.15, 0.2) is 106 Å². The molecule has 5 aromatic rings. The first kappa shape index (κ1) is 28.4. The molecular weight excluding hydrogens is 540 g/mol. The van der Waals surface area contributed by atoms with Gasteiger partial charge in [-0.15, -0.1) is 0 Å². The van der Waals surface area contributed by atoms with Gasteiger partial charge in [0.05, 0.1) is 29.9 Å². The number of fused-ring (bicyclic) bond motifs is 2. The van der Waals surface area contributed by atoms with Crippen LogP contribution in [0.3, 0.4) is 0 Å². The van der Waals surface area contributed by atoms with Gasteiger partial charge in [-0.1, -0.05) is 72.3 Å². The molecule has 7 heteroatoms. The van der Waals surface area contributed by atoms with E-state index in [-0.39, 0.29) is 43.0 Å². The van der Waals surface area contributed by atoms with Gasteiger partial charge < -0.3 is 19.0 Å². The van der Waals surface area contributed by atoms with Crippen LogP contribution in [0.2, 0.25) is 0 Å². The molecule has 2 heterocycles. The van der Waals surface area contributed by atoms with Crippen molar-refractivity contribution in [2.75, 3.05) is 19.7 Å². The van der Waals surface area contributed by atoms with Crippen molar-refractivity contribution in [2.45, 2.75) is 39.0 Å². The van der Waals surface area contributed by atoms with Crippen molar-refractivity contribution >= 4 is 33.6 Å². The van der Waals surface area contributed by atoms with Gasteiger partial charge in [0.2, 0.25) is 5.91 Å². The monoisotopic (exact) mass is 574 g/mol. The van der Waals surface area contributed by atoms with Crippen LogP contribution in [0.25, 0.3) is 21.7 Å². The zero-order valence-electron chi connectivity index (χ0n) is 24.2. The average Bonchev–Trinajstić information content (AvgIpc) is 3.55. The predicted octanol–water partition coefficient (Wildman–Crippen LogP) is 6.10. The Bertz CT molecular complexity index is 1820. The molecule has 43 heavy (non-hydrogen) atoms. The Balaban J connectivity index is 1.30. The van der Waals surface area contributed by atoms with E-state index in [1.54, 1.807) is 21.9 Å². The smallest absolute Gasteiger partial charge is 0.254 e. The molecule has 7 nitrogen and oxygen atoms in total. The molecule has 0 bridgehead atoms. The van der Waals surface area contributed by atoms with Crippen molar-refractivity contribution in [2.24, 2.45) is 0 Å². The number of rotatable bonds is 9. The largest absolute Gasteiger partial charge is 0.464 e. The second-order valence-corrected chi connectivity index (χ2v) is 11.2. The highest BCUT2D eigenvalue weighted by Crippen LogP contribution is 2.21. The van der Waals surface area contributed by atoms with Gasteiger partial charge in [-0.2, -0.15) is 0 Å². The number of amides is 2. The Morgan fingerprint density at radius 1 is 0.860 bits per heavy atom. The van der Waals surface area contributed by atoms with Crippen LogP contribution < -0.4 is 5.43 Å². The fourth-order valence-electron chi connectivity index (χ4n) is 5.66. The van der Waals surface area contributed by atoms with E-state index in [0.717, 1.165) is 34.7 Å². The predicted molar refractivity (Wildman–Crippen MR) is 167 cm³/mol. The van der Waals surface area contributed by atoms with Gasteiger partial charge in [0.1, 0.15) is 12.1 Å². The number of carbonyl (C=O) groups excluding carboxylic acids is 2. The number of ether oxygens (including phenoxy) is 1. The number of aryl methyl sites for hydroxylation is 1. The van der Waals surface area contributed by atoms with Gasteiger partial charge in [-0.25, -0.2) is 0 Å². The molecule has 1 aliphatic heterocycles. The van der Waals surface area contributed by atoms with E-state index in [1.807, 2.05) is 85.8 Å². The van der Waals surface area contributed by atoms with Gasteiger partial charge in [0, 0.05) is 25.3 Å². The molecule has 0 spiro atoms. The maximum absolute atomic E-state index is 14.1. The number of hydrogen-bond donors (Lipinski definition) is 0. The Kier molecular flexibility index (Phi) is 8.34. The summed E-state index contributed by atoms with van der Waals surface area (Å²) in [7, 11) is 0. The van der Waals surface area contributed by atoms with E-state index in [1.165, 1.54) is 6.26 Å². The number of nitrogens with zero attached hydrogens (tertiary/aromatic N) is 2. The molecule has 0 saturated carbocycles. The maximum Gasteiger partial charge on any atom is 0.254 e. The van der Waals surface area contributed by atoms with E-state index in [2.05, 4.69) is 0 Å². The van der Waals surface area contributed by atoms with Crippen molar-refractivity contribution in [1.82, 2.24) is 9.80 Å². The lowest BCUT2D eigenvalue weighted by atomic mass is 10.1. The quantitative estimate of drug-likeness (QED) is 0.212. The summed E-state index contributed by atoms with van der Waals surface area (Å²) < 4.78 is 11.7. The molecule has 0 unspecified atom stereocenters. The fraction of sp³-hybridized carbons (Fsp3) is 0.250. The van der Waals surface area contributed by atoms with Crippen LogP contribution in [0.1, 0.15) is 39.9 Å². The Hall–Kier alpha value is -4.75. The third-order valence-electron chi connectivity index (χ3n) is 7.99. The van der Waals surface area contributed by atoms with Crippen LogP contribution in [0.4, 0.5) is 0 Å². The minimum atomic E-state index is -0.264. The van der Waals surface area contributed by atoms with Crippen molar-refractivity contribution in [3.05, 3.63) is 130 Å². The Labute approximate surface area is 250 Å². The Morgan fingerprint density at radius 3 is 2.44 bits per heavy atom. The highest BCUT2D eigenvalue weighted by molar-refractivity contribution is 6.00. The fourth-order valence-corrected chi connectivity index (χ4v) is 5.66. The molecule has 2 amide bonds. The molecule has 6 rings (SSSR count). The van der Waals surface area contributed by atoms with Gasteiger partial charge in [0.25, 0.3) is 5.91 Å². The molecule has 1 fully saturated rings. The highest BCUT2D eigenvalue weighted by atomic mass is 16.5. The van der Waals surface area contributed by atoms with Crippen LogP contribution in [-0.2, 0) is 22.6 Å². The van der Waals surface area contributed by atoms with Crippen LogP contribution in [0, 0.1) is 6.92 Å². The number of benzene rings is 4. The molecule has 4 aromatic carbocycles. The van der Waals surface area contributed by atoms with Crippen LogP contribution in [-0.4, -0.2) is 47.4 Å². The third-order valence-corrected chi connectivity index (χ3v) is 7.99. The molecule has 0 radical (unpaired) electrons. The maximum atomic E-state index is 14.1. The molecule has 0 N–H and O–H groups in total. The van der Waals surface area contributed by atoms with Crippen molar-refractivity contribution < 1.29 is 18.7 Å². The molecule has 1 atom stereocenters. The molecule has 218 valence electrons. The van der Waals surface area contributed by atoms with Gasteiger partial charge in [-0.3, -0.25) is 14.4 Å². The minimum absolute atomic E-state index is 0.0534. The normalized spacial score (nSPS) is 14.7. The van der Waals surface area contributed by atoms with Crippen molar-refractivity contribution in [3.63, 3.8) is 0 Å². The first-order valence-electron chi connectivity index (χ1n) is 14.7. The highest BCUT2D eigenvalue weighted by Gasteiger charge is 2.28. The van der Waals surface area contributed by atoms with E-state index in [4.69, 9.17) is 9.15 Å². The number of hydrogen-bond acceptors (Lipinski definition) is 5. The standard InChI is InChI=1S/C36H34N2O5/c1-25-13-16-33-32(18-25)35(40)30(24-43-33)21-37(20-26-8-3-2-4-9-26)34(39)23-38(22-31-12-7-17-42-31)36(41)29-15-14-27-10-5-6-11-28(27)19-29/h2-6,8-11,13-16,18-19,24,31H,7,12,17,20-23H2,1H3/t31-/m1/s1. The second-order valence-electron chi connectivity index (χ2n) is 11.2. The van der Waals surface area contributed by atoms with Crippen LogP contribution >= 0.6 is 0 Å². The molecular formula is C36H34N2O5. The summed E-state index contributed by atoms with van der Waals surface area (Å²) in [4.78, 5) is 44.7. The zero-order valence-corrected chi connectivity index (χ0v) is 24.2. The molecule has 0 aliphatic carbocycles. The number of carbonyl (C=O) groups is 2. The van der Waals surface area contributed by atoms with Gasteiger partial charge in [-0.05, 0) is 60.4 Å². The SMILES string of the molecule is Cc1ccc2occ(CN(Cc3ccccc3)C(=O)CN(C[C@H]3CCCO3)C(=O)c3ccc4ccccc4c3)c(=O)c2c1. The average molecular weight is 575 g/mol. The summed E-state index contributed by atoms with van der Waals surface area (Å²) in [5.74, 6) is -0.491. The summed E-state index contributed by atoms with van der Waals surface area (Å²) >= 11 is 0. The topological polar surface area (TPSA) is 80.1 Å². The van der Waals surface area contributed by atoms with Crippen molar-refractivity contribution in [3.8, 4) is 0 Å². The van der Waals surface area contributed by atoms with Crippen molar-refractivity contribution in [1.29, 1.82) is 0 Å². The second kappa shape index (κ2) is 12.6.